The monoisotopic (exact) mass is 196 g/mol. The Morgan fingerprint density at radius 1 is 1.23 bits per heavy atom. The van der Waals surface area contributed by atoms with Gasteiger partial charge in [0.25, 0.3) is 0 Å². The number of aryl methyl sites for hydroxylation is 1. The van der Waals surface area contributed by atoms with Crippen LogP contribution in [0.25, 0.3) is 0 Å². The van der Waals surface area contributed by atoms with E-state index >= 15 is 0 Å². The fourth-order valence-corrected chi connectivity index (χ4v) is 2.47. The summed E-state index contributed by atoms with van der Waals surface area (Å²) >= 11 is 1.86. The van der Waals surface area contributed by atoms with Crippen molar-refractivity contribution >= 4 is 11.3 Å². The Balaban J connectivity index is 2.55. The van der Waals surface area contributed by atoms with Gasteiger partial charge in [-0.1, -0.05) is 27.2 Å². The molecule has 0 fully saturated rings. The number of hydrogen-bond donors (Lipinski definition) is 0. The van der Waals surface area contributed by atoms with E-state index in [1.54, 1.807) is 11.1 Å². The van der Waals surface area contributed by atoms with Crippen molar-refractivity contribution in [1.82, 2.24) is 0 Å². The molecule has 1 aromatic heterocycles. The molecule has 0 saturated heterocycles. The Morgan fingerprint density at radius 3 is 2.54 bits per heavy atom. The lowest BCUT2D eigenvalue weighted by Crippen LogP contribution is -1.96. The van der Waals surface area contributed by atoms with Crippen LogP contribution in [0.2, 0.25) is 0 Å². The molecule has 0 aliphatic heterocycles. The fourth-order valence-electron chi connectivity index (χ4n) is 1.56. The van der Waals surface area contributed by atoms with E-state index in [0.717, 1.165) is 5.92 Å². The van der Waals surface area contributed by atoms with E-state index in [2.05, 4.69) is 31.5 Å². The fraction of sp³-hybridized carbons (Fsp3) is 0.667. The summed E-state index contributed by atoms with van der Waals surface area (Å²) in [5, 5.41) is 4.65. The Kier molecular flexibility index (Phi) is 4.51. The molecule has 0 bridgehead atoms. The second-order valence-electron chi connectivity index (χ2n) is 4.12. The van der Waals surface area contributed by atoms with Crippen LogP contribution in [0.5, 0.6) is 0 Å². The van der Waals surface area contributed by atoms with Crippen LogP contribution in [0.15, 0.2) is 10.8 Å². The van der Waals surface area contributed by atoms with Crippen molar-refractivity contribution in [3.8, 4) is 0 Å². The summed E-state index contributed by atoms with van der Waals surface area (Å²) in [6, 6.07) is 0. The van der Waals surface area contributed by atoms with Gasteiger partial charge in [0.2, 0.25) is 0 Å². The lowest BCUT2D eigenvalue weighted by molar-refractivity contribution is 0.642. The molecule has 0 N–H and O–H groups in total. The summed E-state index contributed by atoms with van der Waals surface area (Å²) in [5.74, 6) is 0.787. The molecular formula is C12H20S. The minimum Gasteiger partial charge on any atom is -0.152 e. The summed E-state index contributed by atoms with van der Waals surface area (Å²) in [6.07, 6.45) is 5.17. The van der Waals surface area contributed by atoms with Crippen LogP contribution < -0.4 is 0 Å². The molecule has 13 heavy (non-hydrogen) atoms. The molecule has 74 valence electrons. The van der Waals surface area contributed by atoms with Crippen LogP contribution in [-0.2, 0) is 12.8 Å². The van der Waals surface area contributed by atoms with Gasteiger partial charge < -0.3 is 0 Å². The second kappa shape index (κ2) is 5.43. The van der Waals surface area contributed by atoms with E-state index in [9.17, 15) is 0 Å². The third kappa shape index (κ3) is 3.51. The topological polar surface area (TPSA) is 0 Å². The van der Waals surface area contributed by atoms with Crippen molar-refractivity contribution in [2.75, 3.05) is 0 Å². The third-order valence-electron chi connectivity index (χ3n) is 2.26. The van der Waals surface area contributed by atoms with Crippen LogP contribution in [0, 0.1) is 5.92 Å². The van der Waals surface area contributed by atoms with Gasteiger partial charge in [-0.05, 0) is 47.1 Å². The highest BCUT2D eigenvalue weighted by molar-refractivity contribution is 7.08. The van der Waals surface area contributed by atoms with E-state index in [1.165, 1.54) is 25.7 Å². The molecule has 0 aliphatic rings. The summed E-state index contributed by atoms with van der Waals surface area (Å²) in [4.78, 5) is 0. The minimum absolute atomic E-state index is 0.787. The van der Waals surface area contributed by atoms with E-state index in [-0.39, 0.29) is 0 Å². The van der Waals surface area contributed by atoms with Gasteiger partial charge in [-0.25, -0.2) is 0 Å². The number of rotatable bonds is 5. The second-order valence-corrected chi connectivity index (χ2v) is 4.87. The minimum atomic E-state index is 0.787. The van der Waals surface area contributed by atoms with Crippen LogP contribution in [0.3, 0.4) is 0 Å². The van der Waals surface area contributed by atoms with E-state index in [1.807, 2.05) is 11.3 Å². The van der Waals surface area contributed by atoms with Crippen molar-refractivity contribution in [2.45, 2.75) is 46.5 Å². The third-order valence-corrected chi connectivity index (χ3v) is 3.10. The normalized spacial score (nSPS) is 11.1. The molecular weight excluding hydrogens is 176 g/mol. The van der Waals surface area contributed by atoms with Gasteiger partial charge in [-0.15, -0.1) is 0 Å². The molecule has 1 aromatic rings. The molecule has 0 unspecified atom stereocenters. The van der Waals surface area contributed by atoms with Gasteiger partial charge in [0.05, 0.1) is 0 Å². The summed E-state index contributed by atoms with van der Waals surface area (Å²) in [7, 11) is 0. The Morgan fingerprint density at radius 2 is 1.92 bits per heavy atom. The lowest BCUT2D eigenvalue weighted by Gasteiger charge is -2.05. The summed E-state index contributed by atoms with van der Waals surface area (Å²) < 4.78 is 0. The smallest absolute Gasteiger partial charge is 0.00583 e. The summed E-state index contributed by atoms with van der Waals surface area (Å²) in [5.41, 5.74) is 3.19. The van der Waals surface area contributed by atoms with Gasteiger partial charge in [-0.2, -0.15) is 11.3 Å². The molecule has 1 heteroatoms. The van der Waals surface area contributed by atoms with E-state index in [0.29, 0.717) is 0 Å². The van der Waals surface area contributed by atoms with Crippen LogP contribution >= 0.6 is 11.3 Å². The first-order valence-corrected chi connectivity index (χ1v) is 6.22. The zero-order valence-electron chi connectivity index (χ0n) is 8.97. The van der Waals surface area contributed by atoms with Gasteiger partial charge in [0.15, 0.2) is 0 Å². The standard InChI is InChI=1S/C12H20S/c1-4-5-6-11-8-13-9-12(11)7-10(2)3/h8-10H,4-7H2,1-3H3. The Bertz CT molecular complexity index is 235. The maximum atomic E-state index is 2.33. The van der Waals surface area contributed by atoms with Gasteiger partial charge in [-0.3, -0.25) is 0 Å². The Hall–Kier alpha value is -0.300. The van der Waals surface area contributed by atoms with Crippen LogP contribution in [0.1, 0.15) is 44.7 Å². The molecule has 0 amide bonds. The Labute approximate surface area is 86.0 Å². The SMILES string of the molecule is CCCCc1cscc1CC(C)C. The highest BCUT2D eigenvalue weighted by atomic mass is 32.1. The average Bonchev–Trinajstić information content (AvgIpc) is 2.48. The quantitative estimate of drug-likeness (QED) is 0.659. The average molecular weight is 196 g/mol. The molecule has 1 rings (SSSR count). The van der Waals surface area contributed by atoms with Crippen molar-refractivity contribution < 1.29 is 0 Å². The molecule has 0 spiro atoms. The molecule has 0 radical (unpaired) electrons. The van der Waals surface area contributed by atoms with Gasteiger partial charge in [0, 0.05) is 0 Å². The van der Waals surface area contributed by atoms with Crippen LogP contribution in [0.4, 0.5) is 0 Å². The van der Waals surface area contributed by atoms with E-state index in [4.69, 9.17) is 0 Å². The maximum absolute atomic E-state index is 2.33. The first-order valence-electron chi connectivity index (χ1n) is 5.28. The zero-order valence-corrected chi connectivity index (χ0v) is 9.79. The first-order chi connectivity index (χ1) is 6.24. The summed E-state index contributed by atoms with van der Waals surface area (Å²) in [6.45, 7) is 6.84. The highest BCUT2D eigenvalue weighted by Crippen LogP contribution is 2.20. The number of unbranched alkanes of at least 4 members (excludes halogenated alkanes) is 1. The van der Waals surface area contributed by atoms with Crippen molar-refractivity contribution in [1.29, 1.82) is 0 Å². The number of hydrogen-bond acceptors (Lipinski definition) is 1. The first kappa shape index (κ1) is 10.8. The molecule has 0 atom stereocenters. The van der Waals surface area contributed by atoms with Gasteiger partial charge in [0.1, 0.15) is 0 Å². The molecule has 1 heterocycles. The molecule has 0 nitrogen and oxygen atoms in total. The predicted molar refractivity (Wildman–Crippen MR) is 61.5 cm³/mol. The zero-order chi connectivity index (χ0) is 9.68. The molecule has 0 aliphatic carbocycles. The van der Waals surface area contributed by atoms with E-state index < -0.39 is 0 Å². The van der Waals surface area contributed by atoms with Crippen LogP contribution in [-0.4, -0.2) is 0 Å². The van der Waals surface area contributed by atoms with Crippen molar-refractivity contribution in [3.63, 3.8) is 0 Å². The predicted octanol–water partition coefficient (Wildman–Crippen LogP) is 4.29. The van der Waals surface area contributed by atoms with Crippen molar-refractivity contribution in [2.24, 2.45) is 5.92 Å². The molecule has 0 aromatic carbocycles. The largest absolute Gasteiger partial charge is 0.152 e. The number of thiophene rings is 1. The van der Waals surface area contributed by atoms with Crippen molar-refractivity contribution in [3.05, 3.63) is 21.9 Å². The molecule has 0 saturated carbocycles. The lowest BCUT2D eigenvalue weighted by atomic mass is 9.99. The highest BCUT2D eigenvalue weighted by Gasteiger charge is 2.04. The van der Waals surface area contributed by atoms with Gasteiger partial charge >= 0.3 is 0 Å². The maximum Gasteiger partial charge on any atom is -0.00583 e.